The highest BCUT2D eigenvalue weighted by molar-refractivity contribution is 9.10. The number of rotatable bonds is 7. The quantitative estimate of drug-likeness (QED) is 0.400. The Hall–Kier alpha value is -2.91. The van der Waals surface area contributed by atoms with E-state index in [0.717, 1.165) is 14.3 Å². The summed E-state index contributed by atoms with van der Waals surface area (Å²) in [5.41, 5.74) is 3.70. The second kappa shape index (κ2) is 9.27. The van der Waals surface area contributed by atoms with E-state index >= 15 is 0 Å². The van der Waals surface area contributed by atoms with E-state index in [1.807, 2.05) is 6.92 Å². The normalized spacial score (nSPS) is 11.6. The number of benzene rings is 2. The van der Waals surface area contributed by atoms with Crippen LogP contribution in [0, 0.1) is 13.8 Å². The minimum atomic E-state index is -3.95. The van der Waals surface area contributed by atoms with Gasteiger partial charge in [-0.2, -0.15) is 5.10 Å². The summed E-state index contributed by atoms with van der Waals surface area (Å²) in [6, 6.07) is 16.6. The van der Waals surface area contributed by atoms with Gasteiger partial charge in [-0.3, -0.25) is 9.10 Å². The summed E-state index contributed by atoms with van der Waals surface area (Å²) in [6.45, 7) is 3.25. The predicted octanol–water partition coefficient (Wildman–Crippen LogP) is 4.00. The second-order valence-corrected chi connectivity index (χ2v) is 9.22. The molecule has 0 bridgehead atoms. The zero-order valence-corrected chi connectivity index (χ0v) is 18.8. The number of hydrazone groups is 1. The molecule has 30 heavy (non-hydrogen) atoms. The Morgan fingerprint density at radius 1 is 1.13 bits per heavy atom. The summed E-state index contributed by atoms with van der Waals surface area (Å²) in [7, 11) is -3.95. The molecule has 0 atom stereocenters. The molecule has 156 valence electrons. The topological polar surface area (TPSA) is 92.0 Å². The number of sulfonamides is 1. The van der Waals surface area contributed by atoms with Gasteiger partial charge in [0.2, 0.25) is 0 Å². The van der Waals surface area contributed by atoms with Crippen LogP contribution < -0.4 is 9.73 Å². The maximum Gasteiger partial charge on any atom is 0.264 e. The van der Waals surface area contributed by atoms with E-state index in [4.69, 9.17) is 4.42 Å². The molecule has 3 rings (SSSR count). The third-order valence-corrected chi connectivity index (χ3v) is 6.77. The smallest absolute Gasteiger partial charge is 0.264 e. The molecule has 1 N–H and O–H groups in total. The first-order valence-corrected chi connectivity index (χ1v) is 11.2. The SMILES string of the molecule is Cc1ccc(N(CC(=O)N/N=C/c2cc(Br)c(C)o2)S(=O)(=O)c2ccccc2)cc1. The molecule has 3 aromatic rings. The number of halogens is 1. The molecule has 0 saturated carbocycles. The molecule has 0 spiro atoms. The van der Waals surface area contributed by atoms with Crippen LogP contribution in [0.3, 0.4) is 0 Å². The fourth-order valence-electron chi connectivity index (χ4n) is 2.62. The molecule has 1 heterocycles. The lowest BCUT2D eigenvalue weighted by Gasteiger charge is -2.23. The molecule has 0 aliphatic carbocycles. The first kappa shape index (κ1) is 21.8. The monoisotopic (exact) mass is 489 g/mol. The zero-order chi connectivity index (χ0) is 21.7. The zero-order valence-electron chi connectivity index (χ0n) is 16.4. The molecule has 0 radical (unpaired) electrons. The Morgan fingerprint density at radius 2 is 1.80 bits per heavy atom. The highest BCUT2D eigenvalue weighted by atomic mass is 79.9. The Morgan fingerprint density at radius 3 is 2.40 bits per heavy atom. The van der Waals surface area contributed by atoms with Crippen molar-refractivity contribution in [3.05, 3.63) is 82.2 Å². The van der Waals surface area contributed by atoms with E-state index in [1.54, 1.807) is 55.5 Å². The molecule has 7 nitrogen and oxygen atoms in total. The number of furan rings is 1. The number of hydrogen-bond donors (Lipinski definition) is 1. The van der Waals surface area contributed by atoms with Crippen molar-refractivity contribution in [3.8, 4) is 0 Å². The predicted molar refractivity (Wildman–Crippen MR) is 119 cm³/mol. The number of amides is 1. The molecule has 0 aliphatic rings. The maximum atomic E-state index is 13.2. The first-order chi connectivity index (χ1) is 14.3. The average molecular weight is 490 g/mol. The van der Waals surface area contributed by atoms with Crippen LogP contribution in [0.1, 0.15) is 17.1 Å². The van der Waals surface area contributed by atoms with Gasteiger partial charge < -0.3 is 4.42 Å². The molecule has 0 saturated heterocycles. The maximum absolute atomic E-state index is 13.2. The number of nitrogens with zero attached hydrogens (tertiary/aromatic N) is 2. The van der Waals surface area contributed by atoms with Crippen molar-refractivity contribution in [2.24, 2.45) is 5.10 Å². The van der Waals surface area contributed by atoms with Gasteiger partial charge in [0, 0.05) is 6.07 Å². The van der Waals surface area contributed by atoms with Crippen LogP contribution in [0.25, 0.3) is 0 Å². The van der Waals surface area contributed by atoms with Crippen LogP contribution >= 0.6 is 15.9 Å². The van der Waals surface area contributed by atoms with Gasteiger partial charge in [0.05, 0.1) is 21.3 Å². The van der Waals surface area contributed by atoms with Gasteiger partial charge in [0.15, 0.2) is 0 Å². The molecule has 9 heteroatoms. The van der Waals surface area contributed by atoms with Crippen LogP contribution in [0.2, 0.25) is 0 Å². The number of nitrogens with one attached hydrogen (secondary N) is 1. The van der Waals surface area contributed by atoms with Gasteiger partial charge >= 0.3 is 0 Å². The summed E-state index contributed by atoms with van der Waals surface area (Å²) in [4.78, 5) is 12.6. The van der Waals surface area contributed by atoms with Gasteiger partial charge in [-0.25, -0.2) is 13.8 Å². The standard InChI is InChI=1S/C21H20BrN3O4S/c1-15-8-10-17(11-9-15)25(30(27,28)19-6-4-3-5-7-19)14-21(26)24-23-13-18-12-20(22)16(2)29-18/h3-13H,14H2,1-2H3,(H,24,26)/b23-13+. The van der Waals surface area contributed by atoms with Gasteiger partial charge in [0.25, 0.3) is 15.9 Å². The minimum Gasteiger partial charge on any atom is -0.459 e. The number of carbonyl (C=O) groups excluding carboxylic acids is 1. The Kier molecular flexibility index (Phi) is 6.73. The average Bonchev–Trinajstić information content (AvgIpc) is 3.05. The van der Waals surface area contributed by atoms with Crippen molar-refractivity contribution >= 4 is 43.8 Å². The largest absolute Gasteiger partial charge is 0.459 e. The van der Waals surface area contributed by atoms with Crippen molar-refractivity contribution in [1.29, 1.82) is 0 Å². The molecule has 0 aliphatic heterocycles. The highest BCUT2D eigenvalue weighted by Crippen LogP contribution is 2.24. The van der Waals surface area contributed by atoms with E-state index in [9.17, 15) is 13.2 Å². The number of carbonyl (C=O) groups is 1. The van der Waals surface area contributed by atoms with Crippen LogP contribution in [-0.4, -0.2) is 27.1 Å². The Labute approximate surface area is 183 Å². The van der Waals surface area contributed by atoms with Gasteiger partial charge in [0.1, 0.15) is 18.1 Å². The molecule has 1 aromatic heterocycles. The highest BCUT2D eigenvalue weighted by Gasteiger charge is 2.27. The van der Waals surface area contributed by atoms with E-state index in [1.165, 1.54) is 18.3 Å². The van der Waals surface area contributed by atoms with E-state index in [2.05, 4.69) is 26.5 Å². The summed E-state index contributed by atoms with van der Waals surface area (Å²) < 4.78 is 33.6. The van der Waals surface area contributed by atoms with Crippen LogP contribution in [0.5, 0.6) is 0 Å². The third kappa shape index (κ3) is 5.17. The van der Waals surface area contributed by atoms with E-state index in [-0.39, 0.29) is 4.90 Å². The van der Waals surface area contributed by atoms with E-state index < -0.39 is 22.5 Å². The Bertz CT molecular complexity index is 1140. The van der Waals surface area contributed by atoms with Crippen molar-refractivity contribution in [1.82, 2.24) is 5.43 Å². The van der Waals surface area contributed by atoms with Gasteiger partial charge in [-0.1, -0.05) is 35.9 Å². The second-order valence-electron chi connectivity index (χ2n) is 6.51. The van der Waals surface area contributed by atoms with Crippen molar-refractivity contribution in [3.63, 3.8) is 0 Å². The van der Waals surface area contributed by atoms with Crippen molar-refractivity contribution in [2.45, 2.75) is 18.7 Å². The summed E-state index contributed by atoms with van der Waals surface area (Å²) in [5.74, 6) is 0.544. The number of hydrogen-bond acceptors (Lipinski definition) is 5. The fraction of sp³-hybridized carbons (Fsp3) is 0.143. The minimum absolute atomic E-state index is 0.0952. The fourth-order valence-corrected chi connectivity index (χ4v) is 4.37. The van der Waals surface area contributed by atoms with Gasteiger partial charge in [-0.15, -0.1) is 0 Å². The Balaban J connectivity index is 1.82. The third-order valence-electron chi connectivity index (χ3n) is 4.20. The summed E-state index contributed by atoms with van der Waals surface area (Å²) >= 11 is 3.33. The molecule has 0 fully saturated rings. The lowest BCUT2D eigenvalue weighted by molar-refractivity contribution is -0.119. The summed E-state index contributed by atoms with van der Waals surface area (Å²) in [5, 5.41) is 3.85. The van der Waals surface area contributed by atoms with Crippen molar-refractivity contribution in [2.75, 3.05) is 10.8 Å². The molecule has 0 unspecified atom stereocenters. The molecule has 1 amide bonds. The van der Waals surface area contributed by atoms with Crippen LogP contribution in [0.4, 0.5) is 5.69 Å². The number of aryl methyl sites for hydroxylation is 2. The van der Waals surface area contributed by atoms with Crippen molar-refractivity contribution < 1.29 is 17.6 Å². The molecule has 2 aromatic carbocycles. The first-order valence-electron chi connectivity index (χ1n) is 8.99. The number of anilines is 1. The molecular weight excluding hydrogens is 470 g/mol. The van der Waals surface area contributed by atoms with E-state index in [0.29, 0.717) is 17.2 Å². The van der Waals surface area contributed by atoms with Crippen LogP contribution in [0.15, 0.2) is 79.6 Å². The summed E-state index contributed by atoms with van der Waals surface area (Å²) in [6.07, 6.45) is 1.34. The lowest BCUT2D eigenvalue weighted by Crippen LogP contribution is -2.39. The van der Waals surface area contributed by atoms with Crippen LogP contribution in [-0.2, 0) is 14.8 Å². The molecular formula is C21H20BrN3O4S. The van der Waals surface area contributed by atoms with Gasteiger partial charge in [-0.05, 0) is 54.0 Å². The lowest BCUT2D eigenvalue weighted by atomic mass is 10.2.